The van der Waals surface area contributed by atoms with Crippen molar-refractivity contribution in [3.63, 3.8) is 0 Å². The summed E-state index contributed by atoms with van der Waals surface area (Å²) in [5.41, 5.74) is 0.550. The lowest BCUT2D eigenvalue weighted by molar-refractivity contribution is 0.0745. The minimum absolute atomic E-state index is 0.0923. The molecule has 15 heavy (non-hydrogen) atoms. The predicted octanol–water partition coefficient (Wildman–Crippen LogP) is 1.93. The van der Waals surface area contributed by atoms with Gasteiger partial charge < -0.3 is 10.1 Å². The first-order valence-electron chi connectivity index (χ1n) is 4.96. The molecule has 1 N–H and O–H groups in total. The summed E-state index contributed by atoms with van der Waals surface area (Å²) < 4.78 is 32.4. The molecule has 4 heteroatoms. The second kappa shape index (κ2) is 4.24. The van der Waals surface area contributed by atoms with Crippen molar-refractivity contribution >= 4 is 0 Å². The van der Waals surface area contributed by atoms with E-state index in [1.807, 2.05) is 0 Å². The number of benzene rings is 1. The van der Waals surface area contributed by atoms with Crippen LogP contribution in [0.1, 0.15) is 17.2 Å². The molecule has 0 spiro atoms. The highest BCUT2D eigenvalue weighted by molar-refractivity contribution is 5.29. The second-order valence-corrected chi connectivity index (χ2v) is 3.67. The molecule has 0 bridgehead atoms. The number of aryl methyl sites for hydroxylation is 1. The topological polar surface area (TPSA) is 21.3 Å². The Morgan fingerprint density at radius 2 is 2.20 bits per heavy atom. The van der Waals surface area contributed by atoms with Crippen LogP contribution < -0.4 is 5.32 Å². The van der Waals surface area contributed by atoms with Gasteiger partial charge >= 0.3 is 0 Å². The van der Waals surface area contributed by atoms with Crippen LogP contribution in [0.5, 0.6) is 0 Å². The third-order valence-corrected chi connectivity index (χ3v) is 2.59. The fourth-order valence-corrected chi connectivity index (χ4v) is 1.75. The SMILES string of the molecule is Cc1ccc(F)c([C@H]2COCCN2)c1F. The van der Waals surface area contributed by atoms with Gasteiger partial charge in [-0.05, 0) is 18.6 Å². The maximum atomic E-state index is 13.7. The normalized spacial score (nSPS) is 21.7. The number of rotatable bonds is 1. The van der Waals surface area contributed by atoms with Crippen molar-refractivity contribution < 1.29 is 13.5 Å². The van der Waals surface area contributed by atoms with E-state index in [1.165, 1.54) is 12.1 Å². The number of morpholine rings is 1. The summed E-state index contributed by atoms with van der Waals surface area (Å²) in [5, 5.41) is 3.04. The average molecular weight is 213 g/mol. The van der Waals surface area contributed by atoms with E-state index in [4.69, 9.17) is 4.74 Å². The van der Waals surface area contributed by atoms with E-state index < -0.39 is 11.6 Å². The Hall–Kier alpha value is -1.00. The first kappa shape index (κ1) is 10.5. The summed E-state index contributed by atoms with van der Waals surface area (Å²) in [6, 6.07) is 2.36. The van der Waals surface area contributed by atoms with Crippen molar-refractivity contribution in [3.8, 4) is 0 Å². The van der Waals surface area contributed by atoms with E-state index in [-0.39, 0.29) is 11.6 Å². The number of ether oxygens (including phenoxy) is 1. The van der Waals surface area contributed by atoms with Crippen LogP contribution in [0, 0.1) is 18.6 Å². The number of nitrogens with one attached hydrogen (secondary N) is 1. The molecule has 1 aliphatic heterocycles. The minimum Gasteiger partial charge on any atom is -0.378 e. The molecule has 1 saturated heterocycles. The molecule has 0 radical (unpaired) electrons. The Labute approximate surface area is 87.2 Å². The molecule has 1 fully saturated rings. The van der Waals surface area contributed by atoms with Crippen LogP contribution in [-0.2, 0) is 4.74 Å². The highest BCUT2D eigenvalue weighted by Crippen LogP contribution is 2.24. The van der Waals surface area contributed by atoms with Gasteiger partial charge in [0.15, 0.2) is 0 Å². The number of halogens is 2. The van der Waals surface area contributed by atoms with Crippen LogP contribution in [0.3, 0.4) is 0 Å². The average Bonchev–Trinajstić information content (AvgIpc) is 2.26. The lowest BCUT2D eigenvalue weighted by Crippen LogP contribution is -2.35. The molecule has 2 rings (SSSR count). The smallest absolute Gasteiger partial charge is 0.133 e. The van der Waals surface area contributed by atoms with E-state index in [2.05, 4.69) is 5.32 Å². The standard InChI is InChI=1S/C11H13F2NO/c1-7-2-3-8(12)10(11(7)13)9-6-15-5-4-14-9/h2-3,9,14H,4-6H2,1H3/t9-/m1/s1. The van der Waals surface area contributed by atoms with E-state index in [0.717, 1.165) is 0 Å². The Bertz CT molecular complexity index is 362. The van der Waals surface area contributed by atoms with Crippen molar-refractivity contribution in [1.82, 2.24) is 5.32 Å². The maximum Gasteiger partial charge on any atom is 0.133 e. The molecule has 1 aromatic carbocycles. The van der Waals surface area contributed by atoms with Gasteiger partial charge in [-0.1, -0.05) is 6.07 Å². The van der Waals surface area contributed by atoms with Crippen LogP contribution in [0.15, 0.2) is 12.1 Å². The van der Waals surface area contributed by atoms with Crippen LogP contribution in [0.4, 0.5) is 8.78 Å². The first-order chi connectivity index (χ1) is 7.20. The largest absolute Gasteiger partial charge is 0.378 e. The van der Waals surface area contributed by atoms with Crippen LogP contribution in [0.2, 0.25) is 0 Å². The third kappa shape index (κ3) is 2.01. The zero-order valence-corrected chi connectivity index (χ0v) is 8.52. The lowest BCUT2D eigenvalue weighted by Gasteiger charge is -2.25. The van der Waals surface area contributed by atoms with Crippen molar-refractivity contribution in [2.45, 2.75) is 13.0 Å². The fourth-order valence-electron chi connectivity index (χ4n) is 1.75. The highest BCUT2D eigenvalue weighted by atomic mass is 19.1. The summed E-state index contributed by atoms with van der Waals surface area (Å²) in [6.45, 7) is 3.16. The molecule has 82 valence electrons. The van der Waals surface area contributed by atoms with E-state index in [9.17, 15) is 8.78 Å². The molecule has 0 amide bonds. The van der Waals surface area contributed by atoms with Gasteiger partial charge in [0.25, 0.3) is 0 Å². The van der Waals surface area contributed by atoms with Gasteiger partial charge in [0.05, 0.1) is 19.3 Å². The summed E-state index contributed by atoms with van der Waals surface area (Å²) in [5.74, 6) is -0.987. The van der Waals surface area contributed by atoms with Crippen molar-refractivity contribution in [2.24, 2.45) is 0 Å². The zero-order chi connectivity index (χ0) is 10.8. The maximum absolute atomic E-state index is 13.7. The van der Waals surface area contributed by atoms with Crippen molar-refractivity contribution in [1.29, 1.82) is 0 Å². The summed E-state index contributed by atoms with van der Waals surface area (Å²) in [6.07, 6.45) is 0. The van der Waals surface area contributed by atoms with Gasteiger partial charge in [-0.25, -0.2) is 8.78 Å². The van der Waals surface area contributed by atoms with Crippen molar-refractivity contribution in [2.75, 3.05) is 19.8 Å². The van der Waals surface area contributed by atoms with Gasteiger partial charge in [0, 0.05) is 12.1 Å². The van der Waals surface area contributed by atoms with Crippen LogP contribution >= 0.6 is 0 Å². The Morgan fingerprint density at radius 1 is 1.40 bits per heavy atom. The monoisotopic (exact) mass is 213 g/mol. The second-order valence-electron chi connectivity index (χ2n) is 3.67. The zero-order valence-electron chi connectivity index (χ0n) is 8.52. The predicted molar refractivity (Wildman–Crippen MR) is 52.7 cm³/mol. The molecule has 0 aliphatic carbocycles. The molecule has 0 saturated carbocycles. The molecule has 2 nitrogen and oxygen atoms in total. The molecular formula is C11H13F2NO. The third-order valence-electron chi connectivity index (χ3n) is 2.59. The Morgan fingerprint density at radius 3 is 2.87 bits per heavy atom. The number of hydrogen-bond donors (Lipinski definition) is 1. The van der Waals surface area contributed by atoms with Gasteiger partial charge in [0.1, 0.15) is 11.6 Å². The Balaban J connectivity index is 2.36. The van der Waals surface area contributed by atoms with Crippen LogP contribution in [0.25, 0.3) is 0 Å². The van der Waals surface area contributed by atoms with Gasteiger partial charge in [-0.2, -0.15) is 0 Å². The summed E-state index contributed by atoms with van der Waals surface area (Å²) >= 11 is 0. The lowest BCUT2D eigenvalue weighted by atomic mass is 10.0. The van der Waals surface area contributed by atoms with Crippen molar-refractivity contribution in [3.05, 3.63) is 34.9 Å². The van der Waals surface area contributed by atoms with Gasteiger partial charge in [-0.15, -0.1) is 0 Å². The summed E-state index contributed by atoms with van der Waals surface area (Å²) in [4.78, 5) is 0. The van der Waals surface area contributed by atoms with E-state index in [0.29, 0.717) is 25.3 Å². The first-order valence-corrected chi connectivity index (χ1v) is 4.96. The molecule has 1 aliphatic rings. The van der Waals surface area contributed by atoms with Gasteiger partial charge in [-0.3, -0.25) is 0 Å². The van der Waals surface area contributed by atoms with Crippen LogP contribution in [-0.4, -0.2) is 19.8 Å². The molecule has 1 heterocycles. The number of hydrogen-bond acceptors (Lipinski definition) is 2. The van der Waals surface area contributed by atoms with Gasteiger partial charge in [0.2, 0.25) is 0 Å². The Kier molecular flexibility index (Phi) is 2.98. The van der Waals surface area contributed by atoms with E-state index >= 15 is 0 Å². The van der Waals surface area contributed by atoms with E-state index in [1.54, 1.807) is 6.92 Å². The highest BCUT2D eigenvalue weighted by Gasteiger charge is 2.23. The molecular weight excluding hydrogens is 200 g/mol. The molecule has 1 atom stereocenters. The molecule has 0 unspecified atom stereocenters. The molecule has 1 aromatic rings. The fraction of sp³-hybridized carbons (Fsp3) is 0.455. The quantitative estimate of drug-likeness (QED) is 0.769. The molecule has 0 aromatic heterocycles. The summed E-state index contributed by atoms with van der Waals surface area (Å²) in [7, 11) is 0. The minimum atomic E-state index is -0.513.